The van der Waals surface area contributed by atoms with Gasteiger partial charge in [-0.3, -0.25) is 4.79 Å². The highest BCUT2D eigenvalue weighted by Crippen LogP contribution is 2.26. The van der Waals surface area contributed by atoms with Crippen molar-refractivity contribution in [1.29, 1.82) is 0 Å². The number of benzene rings is 2. The van der Waals surface area contributed by atoms with Gasteiger partial charge in [-0.1, -0.05) is 35.9 Å². The molecule has 28 heavy (non-hydrogen) atoms. The van der Waals surface area contributed by atoms with Crippen LogP contribution in [0, 0.1) is 11.7 Å². The number of esters is 1. The molecular formula is C22H28ClFN2O2. The Balaban J connectivity index is 2.04. The number of rotatable bonds is 9. The van der Waals surface area contributed by atoms with Crippen molar-refractivity contribution in [2.45, 2.75) is 25.8 Å². The van der Waals surface area contributed by atoms with Crippen LogP contribution < -0.4 is 5.73 Å². The van der Waals surface area contributed by atoms with E-state index in [1.165, 1.54) is 12.1 Å². The molecule has 2 aromatic rings. The number of ether oxygens (including phenoxy) is 1. The summed E-state index contributed by atoms with van der Waals surface area (Å²) in [6.45, 7) is 2.76. The summed E-state index contributed by atoms with van der Waals surface area (Å²) in [4.78, 5) is 14.1. The summed E-state index contributed by atoms with van der Waals surface area (Å²) in [6.07, 6.45) is 1.17. The Bertz CT molecular complexity index is 781. The fourth-order valence-electron chi connectivity index (χ4n) is 3.24. The molecule has 152 valence electrons. The lowest BCUT2D eigenvalue weighted by molar-refractivity contribution is -0.148. The average molecular weight is 407 g/mol. The largest absolute Gasteiger partial charge is 0.466 e. The Morgan fingerprint density at radius 3 is 2.50 bits per heavy atom. The second-order valence-electron chi connectivity index (χ2n) is 7.23. The van der Waals surface area contributed by atoms with Crippen LogP contribution in [0.2, 0.25) is 5.02 Å². The van der Waals surface area contributed by atoms with E-state index < -0.39 is 0 Å². The highest BCUT2D eigenvalue weighted by Gasteiger charge is 2.23. The summed E-state index contributed by atoms with van der Waals surface area (Å²) in [5.41, 5.74) is 8.57. The van der Waals surface area contributed by atoms with Crippen LogP contribution in [0.15, 0.2) is 42.5 Å². The summed E-state index contributed by atoms with van der Waals surface area (Å²) in [6, 6.07) is 11.9. The van der Waals surface area contributed by atoms with Gasteiger partial charge in [-0.05, 0) is 63.2 Å². The number of carbonyl (C=O) groups is 1. The fraction of sp³-hybridized carbons (Fsp3) is 0.409. The molecule has 0 unspecified atom stereocenters. The first-order chi connectivity index (χ1) is 13.3. The van der Waals surface area contributed by atoms with E-state index in [0.717, 1.165) is 11.1 Å². The van der Waals surface area contributed by atoms with Gasteiger partial charge in [-0.2, -0.15) is 0 Å². The molecule has 0 heterocycles. The van der Waals surface area contributed by atoms with Crippen LogP contribution in [0.1, 0.15) is 18.9 Å². The van der Waals surface area contributed by atoms with Crippen molar-refractivity contribution in [3.05, 3.63) is 58.9 Å². The van der Waals surface area contributed by atoms with E-state index in [1.54, 1.807) is 13.0 Å². The van der Waals surface area contributed by atoms with Crippen molar-refractivity contribution >= 4 is 17.6 Å². The molecule has 6 heteroatoms. The normalized spacial score (nSPS) is 13.4. The van der Waals surface area contributed by atoms with Crippen molar-refractivity contribution in [1.82, 2.24) is 4.90 Å². The summed E-state index contributed by atoms with van der Waals surface area (Å²) >= 11 is 5.97. The van der Waals surface area contributed by atoms with Gasteiger partial charge in [0.2, 0.25) is 0 Å². The Labute approximate surface area is 171 Å². The lowest BCUT2D eigenvalue weighted by atomic mass is 9.94. The van der Waals surface area contributed by atoms with Crippen molar-refractivity contribution in [3.63, 3.8) is 0 Å². The monoisotopic (exact) mass is 406 g/mol. The van der Waals surface area contributed by atoms with Crippen molar-refractivity contribution in [3.8, 4) is 11.1 Å². The van der Waals surface area contributed by atoms with Gasteiger partial charge in [-0.25, -0.2) is 4.39 Å². The third-order valence-electron chi connectivity index (χ3n) is 4.48. The Hall–Kier alpha value is -1.95. The van der Waals surface area contributed by atoms with Crippen LogP contribution in [-0.4, -0.2) is 44.2 Å². The molecule has 0 saturated carbocycles. The topological polar surface area (TPSA) is 55.6 Å². The van der Waals surface area contributed by atoms with Gasteiger partial charge < -0.3 is 15.4 Å². The lowest BCUT2D eigenvalue weighted by Crippen LogP contribution is -2.35. The van der Waals surface area contributed by atoms with Crippen LogP contribution in [0.3, 0.4) is 0 Å². The van der Waals surface area contributed by atoms with E-state index in [-0.39, 0.29) is 23.7 Å². The van der Waals surface area contributed by atoms with Crippen molar-refractivity contribution in [2.75, 3.05) is 27.2 Å². The number of nitrogens with zero attached hydrogens (tertiary/aromatic N) is 1. The van der Waals surface area contributed by atoms with Crippen LogP contribution in [0.25, 0.3) is 11.1 Å². The maximum atomic E-state index is 14.0. The molecule has 0 spiro atoms. The number of carbonyl (C=O) groups excluding carboxylic acids is 1. The quantitative estimate of drug-likeness (QED) is 0.635. The zero-order chi connectivity index (χ0) is 20.7. The zero-order valence-electron chi connectivity index (χ0n) is 16.6. The van der Waals surface area contributed by atoms with E-state index in [9.17, 15) is 9.18 Å². The molecule has 2 aromatic carbocycles. The molecule has 0 radical (unpaired) electrons. The van der Waals surface area contributed by atoms with Gasteiger partial charge >= 0.3 is 5.97 Å². The van der Waals surface area contributed by atoms with Crippen molar-refractivity contribution < 1.29 is 13.9 Å². The summed E-state index contributed by atoms with van der Waals surface area (Å²) in [7, 11) is 3.84. The van der Waals surface area contributed by atoms with Gasteiger partial charge in [0.05, 0.1) is 12.5 Å². The van der Waals surface area contributed by atoms with Gasteiger partial charge in [0.1, 0.15) is 5.82 Å². The minimum absolute atomic E-state index is 0.178. The predicted octanol–water partition coefficient (Wildman–Crippen LogP) is 4.15. The first kappa shape index (κ1) is 22.3. The van der Waals surface area contributed by atoms with Gasteiger partial charge in [0, 0.05) is 23.2 Å². The molecule has 0 bridgehead atoms. The van der Waals surface area contributed by atoms with E-state index in [2.05, 4.69) is 0 Å². The van der Waals surface area contributed by atoms with E-state index in [4.69, 9.17) is 22.1 Å². The van der Waals surface area contributed by atoms with Gasteiger partial charge in [-0.15, -0.1) is 0 Å². The van der Waals surface area contributed by atoms with Crippen LogP contribution in [0.5, 0.6) is 0 Å². The third-order valence-corrected chi connectivity index (χ3v) is 4.72. The first-order valence-electron chi connectivity index (χ1n) is 9.41. The van der Waals surface area contributed by atoms with E-state index in [0.29, 0.717) is 36.6 Å². The predicted molar refractivity (Wildman–Crippen MR) is 112 cm³/mol. The SMILES string of the molecule is CCOC(=O)[C@@H](C[C@H](N)Cc1ccc(-c2cc(Cl)ccc2F)cc1)CN(C)C. The maximum absolute atomic E-state index is 14.0. The molecule has 2 atom stereocenters. The molecule has 0 aliphatic heterocycles. The molecule has 0 aromatic heterocycles. The molecule has 2 rings (SSSR count). The second-order valence-corrected chi connectivity index (χ2v) is 7.67. The lowest BCUT2D eigenvalue weighted by Gasteiger charge is -2.22. The number of nitrogens with two attached hydrogens (primary N) is 1. The second kappa shape index (κ2) is 10.6. The van der Waals surface area contributed by atoms with E-state index in [1.807, 2.05) is 43.3 Å². The number of halogens is 2. The van der Waals surface area contributed by atoms with Crippen LogP contribution in [0.4, 0.5) is 4.39 Å². The third kappa shape index (κ3) is 6.59. The smallest absolute Gasteiger partial charge is 0.310 e. The number of hydrogen-bond acceptors (Lipinski definition) is 4. The van der Waals surface area contributed by atoms with Gasteiger partial charge in [0.15, 0.2) is 0 Å². The summed E-state index contributed by atoms with van der Waals surface area (Å²) < 4.78 is 19.2. The minimum Gasteiger partial charge on any atom is -0.466 e. The van der Waals surface area contributed by atoms with E-state index >= 15 is 0 Å². The van der Waals surface area contributed by atoms with Crippen LogP contribution in [-0.2, 0) is 16.0 Å². The molecule has 0 fully saturated rings. The Morgan fingerprint density at radius 2 is 1.89 bits per heavy atom. The Morgan fingerprint density at radius 1 is 1.21 bits per heavy atom. The fourth-order valence-corrected chi connectivity index (χ4v) is 3.41. The highest BCUT2D eigenvalue weighted by atomic mass is 35.5. The van der Waals surface area contributed by atoms with Crippen LogP contribution >= 0.6 is 11.6 Å². The average Bonchev–Trinajstić information content (AvgIpc) is 2.63. The Kier molecular flexibility index (Phi) is 8.42. The first-order valence-corrected chi connectivity index (χ1v) is 9.79. The molecule has 4 nitrogen and oxygen atoms in total. The van der Waals surface area contributed by atoms with Crippen molar-refractivity contribution in [2.24, 2.45) is 11.7 Å². The molecule has 2 N–H and O–H groups in total. The van der Waals surface area contributed by atoms with Gasteiger partial charge in [0.25, 0.3) is 0 Å². The number of hydrogen-bond donors (Lipinski definition) is 1. The molecule has 0 saturated heterocycles. The highest BCUT2D eigenvalue weighted by molar-refractivity contribution is 6.30. The molecule has 0 aliphatic carbocycles. The minimum atomic E-state index is -0.310. The maximum Gasteiger partial charge on any atom is 0.310 e. The standard InChI is InChI=1S/C22H28ClFN2O2/c1-4-28-22(27)17(14-26(2)3)12-19(25)11-15-5-7-16(8-6-15)20-13-18(23)9-10-21(20)24/h5-10,13,17,19H,4,11-12,14,25H2,1-3H3/t17-,19+/m0/s1. The molecule has 0 amide bonds. The molecular weight excluding hydrogens is 379 g/mol. The summed E-state index contributed by atoms with van der Waals surface area (Å²) in [5.74, 6) is -0.780. The molecule has 0 aliphatic rings. The zero-order valence-corrected chi connectivity index (χ0v) is 17.4. The summed E-state index contributed by atoms with van der Waals surface area (Å²) in [5, 5.41) is 0.494.